The second kappa shape index (κ2) is 7.54. The van der Waals surface area contributed by atoms with Gasteiger partial charge in [-0.05, 0) is 32.2 Å². The molecule has 5 heteroatoms. The van der Waals surface area contributed by atoms with E-state index in [0.29, 0.717) is 31.5 Å². The first-order valence-corrected chi connectivity index (χ1v) is 4.29. The van der Waals surface area contributed by atoms with Crippen molar-refractivity contribution in [2.45, 2.75) is 25.7 Å². The molecule has 0 heterocycles. The molecule has 0 aliphatic rings. The lowest BCUT2D eigenvalue weighted by Crippen LogP contribution is -2.06. The van der Waals surface area contributed by atoms with Crippen LogP contribution in [0.3, 0.4) is 0 Å². The van der Waals surface area contributed by atoms with Crippen LogP contribution in [0.1, 0.15) is 25.7 Å². The molecule has 0 fully saturated rings. The van der Waals surface area contributed by atoms with Crippen LogP contribution in [0.4, 0.5) is 4.79 Å². The normalized spacial score (nSPS) is 9.62. The summed E-state index contributed by atoms with van der Waals surface area (Å²) >= 11 is 0. The molecule has 0 aromatic heterocycles. The van der Waals surface area contributed by atoms with Gasteiger partial charge in [0.05, 0.1) is 6.61 Å². The fraction of sp³-hybridized carbons (Fsp3) is 0.750. The molecule has 0 bridgehead atoms. The maximum absolute atomic E-state index is 9.92. The second-order valence-electron chi connectivity index (χ2n) is 2.71. The summed E-state index contributed by atoms with van der Waals surface area (Å²) in [5.74, 6) is 0. The summed E-state index contributed by atoms with van der Waals surface area (Å²) in [6.45, 7) is 0.758. The van der Waals surface area contributed by atoms with E-state index in [1.807, 2.05) is 0 Å². The number of rotatable bonds is 7. The highest BCUT2D eigenvalue weighted by Gasteiger charge is 1.99. The first kappa shape index (κ1) is 11.9. The highest BCUT2D eigenvalue weighted by atomic mass is 16.7. The van der Waals surface area contributed by atoms with Crippen LogP contribution in [-0.4, -0.2) is 30.1 Å². The maximum atomic E-state index is 9.92. The van der Waals surface area contributed by atoms with Crippen molar-refractivity contribution in [3.05, 3.63) is 0 Å². The van der Waals surface area contributed by atoms with Crippen LogP contribution in [0.15, 0.2) is 0 Å². The van der Waals surface area contributed by atoms with Gasteiger partial charge in [-0.15, -0.1) is 0 Å². The van der Waals surface area contributed by atoms with Crippen molar-refractivity contribution in [1.29, 1.82) is 5.41 Å². The van der Waals surface area contributed by atoms with E-state index in [1.165, 1.54) is 0 Å². The Bertz CT molecular complexity index is 171. The average Bonchev–Trinajstić information content (AvgIpc) is 2.08. The molecule has 13 heavy (non-hydrogen) atoms. The highest BCUT2D eigenvalue weighted by Crippen LogP contribution is 1.98. The largest absolute Gasteiger partial charge is 0.505 e. The number of ether oxygens (including phenoxy) is 1. The lowest BCUT2D eigenvalue weighted by molar-refractivity contribution is 0.0911. The predicted octanol–water partition coefficient (Wildman–Crippen LogP) is 1.22. The van der Waals surface area contributed by atoms with Gasteiger partial charge >= 0.3 is 6.16 Å². The van der Waals surface area contributed by atoms with Gasteiger partial charge in [0.1, 0.15) is 0 Å². The quantitative estimate of drug-likeness (QED) is 0.318. The zero-order valence-corrected chi connectivity index (χ0v) is 7.58. The van der Waals surface area contributed by atoms with E-state index < -0.39 is 6.16 Å². The molecule has 4 N–H and O–H groups in total. The zero-order valence-electron chi connectivity index (χ0n) is 7.58. The van der Waals surface area contributed by atoms with Gasteiger partial charge in [-0.1, -0.05) is 0 Å². The topological polar surface area (TPSA) is 96.4 Å². The third-order valence-corrected chi connectivity index (χ3v) is 1.53. The Kier molecular flexibility index (Phi) is 6.91. The molecule has 0 atom stereocenters. The molecule has 0 radical (unpaired) electrons. The molecular weight excluding hydrogens is 172 g/mol. The van der Waals surface area contributed by atoms with Gasteiger partial charge in [0.15, 0.2) is 0 Å². The Hall–Kier alpha value is -1.10. The molecule has 0 amide bonds. The van der Waals surface area contributed by atoms with Gasteiger partial charge in [-0.25, -0.2) is 4.79 Å². The monoisotopic (exact) mass is 188 g/mol. The van der Waals surface area contributed by atoms with Gasteiger partial charge in [0.2, 0.25) is 0 Å². The Morgan fingerprint density at radius 2 is 2.00 bits per heavy atom. The minimum absolute atomic E-state index is 0.167. The second-order valence-corrected chi connectivity index (χ2v) is 2.71. The molecule has 0 aromatic rings. The molecule has 0 unspecified atom stereocenters. The molecule has 76 valence electrons. The first-order valence-electron chi connectivity index (χ1n) is 4.29. The van der Waals surface area contributed by atoms with E-state index in [0.717, 1.165) is 6.42 Å². The Labute approximate surface area is 77.4 Å². The van der Waals surface area contributed by atoms with Crippen molar-refractivity contribution in [2.24, 2.45) is 5.73 Å². The fourth-order valence-corrected chi connectivity index (χ4v) is 0.885. The lowest BCUT2D eigenvalue weighted by Gasteiger charge is -2.02. The molecule has 0 saturated heterocycles. The molecule has 0 rings (SSSR count). The molecule has 5 nitrogen and oxygen atoms in total. The van der Waals surface area contributed by atoms with Crippen LogP contribution < -0.4 is 5.73 Å². The van der Waals surface area contributed by atoms with Crippen LogP contribution in [0, 0.1) is 5.41 Å². The van der Waals surface area contributed by atoms with Gasteiger partial charge in [0, 0.05) is 5.71 Å². The summed E-state index contributed by atoms with van der Waals surface area (Å²) in [6, 6.07) is 0. The number of carbonyl (C=O) groups is 1. The van der Waals surface area contributed by atoms with E-state index in [1.54, 1.807) is 0 Å². The van der Waals surface area contributed by atoms with Crippen molar-refractivity contribution in [3.63, 3.8) is 0 Å². The predicted molar refractivity (Wildman–Crippen MR) is 49.2 cm³/mol. The molecule has 0 aliphatic carbocycles. The summed E-state index contributed by atoms with van der Waals surface area (Å²) in [6.07, 6.45) is 1.43. The third kappa shape index (κ3) is 8.81. The van der Waals surface area contributed by atoms with Crippen molar-refractivity contribution in [3.8, 4) is 0 Å². The number of nitrogens with two attached hydrogens (primary N) is 1. The number of hydrogen-bond donors (Lipinski definition) is 3. The van der Waals surface area contributed by atoms with Crippen LogP contribution in [0.5, 0.6) is 0 Å². The smallest absolute Gasteiger partial charge is 0.450 e. The SMILES string of the molecule is N=C(CCCN)CCCOC(=O)O. The van der Waals surface area contributed by atoms with Crippen molar-refractivity contribution >= 4 is 11.9 Å². The Balaban J connectivity index is 3.22. The number of hydrogen-bond acceptors (Lipinski definition) is 4. The first-order chi connectivity index (χ1) is 6.16. The average molecular weight is 188 g/mol. The standard InChI is InChI=1S/C8H16N2O3/c9-5-1-3-7(10)4-2-6-13-8(11)12/h10H,1-6,9H2,(H,11,12). The highest BCUT2D eigenvalue weighted by molar-refractivity contribution is 5.81. The van der Waals surface area contributed by atoms with E-state index in [2.05, 4.69) is 4.74 Å². The van der Waals surface area contributed by atoms with Gasteiger partial charge in [-0.2, -0.15) is 0 Å². The van der Waals surface area contributed by atoms with Crippen molar-refractivity contribution in [1.82, 2.24) is 0 Å². The number of nitrogens with one attached hydrogen (secondary N) is 1. The number of carboxylic acid groups (broad SMARTS) is 1. The minimum atomic E-state index is -1.26. The minimum Gasteiger partial charge on any atom is -0.450 e. The summed E-state index contributed by atoms with van der Waals surface area (Å²) in [4.78, 5) is 9.92. The van der Waals surface area contributed by atoms with Gasteiger partial charge < -0.3 is 21.0 Å². The third-order valence-electron chi connectivity index (χ3n) is 1.53. The van der Waals surface area contributed by atoms with E-state index in [-0.39, 0.29) is 6.61 Å². The maximum Gasteiger partial charge on any atom is 0.505 e. The van der Waals surface area contributed by atoms with Crippen LogP contribution in [0.25, 0.3) is 0 Å². The molecule has 0 saturated carbocycles. The lowest BCUT2D eigenvalue weighted by atomic mass is 10.1. The summed E-state index contributed by atoms with van der Waals surface area (Å²) < 4.78 is 4.29. The van der Waals surface area contributed by atoms with E-state index in [9.17, 15) is 4.79 Å². The van der Waals surface area contributed by atoms with E-state index >= 15 is 0 Å². The van der Waals surface area contributed by atoms with Crippen molar-refractivity contribution < 1.29 is 14.6 Å². The van der Waals surface area contributed by atoms with Crippen LogP contribution >= 0.6 is 0 Å². The Morgan fingerprint density at radius 1 is 1.38 bits per heavy atom. The molecular formula is C8H16N2O3. The van der Waals surface area contributed by atoms with Crippen molar-refractivity contribution in [2.75, 3.05) is 13.2 Å². The summed E-state index contributed by atoms with van der Waals surface area (Å²) in [7, 11) is 0. The summed E-state index contributed by atoms with van der Waals surface area (Å²) in [5.41, 5.74) is 5.88. The van der Waals surface area contributed by atoms with Gasteiger partial charge in [-0.3, -0.25) is 0 Å². The summed E-state index contributed by atoms with van der Waals surface area (Å²) in [5, 5.41) is 15.5. The molecule has 0 aliphatic heterocycles. The molecule has 0 aromatic carbocycles. The van der Waals surface area contributed by atoms with E-state index in [4.69, 9.17) is 16.2 Å². The fourth-order valence-electron chi connectivity index (χ4n) is 0.885. The Morgan fingerprint density at radius 3 is 2.54 bits per heavy atom. The van der Waals surface area contributed by atoms with Gasteiger partial charge in [0.25, 0.3) is 0 Å². The zero-order chi connectivity index (χ0) is 10.1. The van der Waals surface area contributed by atoms with Crippen LogP contribution in [0.2, 0.25) is 0 Å². The molecule has 0 spiro atoms. The van der Waals surface area contributed by atoms with Crippen LogP contribution in [-0.2, 0) is 4.74 Å².